The number of carbonyl (C=O) groups is 2. The third kappa shape index (κ3) is 1.93. The van der Waals surface area contributed by atoms with Gasteiger partial charge in [0.15, 0.2) is 10.7 Å². The molecule has 4 heterocycles. The van der Waals surface area contributed by atoms with Crippen LogP contribution < -0.4 is 5.32 Å². The van der Waals surface area contributed by atoms with Gasteiger partial charge < -0.3 is 10.2 Å². The summed E-state index contributed by atoms with van der Waals surface area (Å²) >= 11 is 1.18. The fraction of sp³-hybridized carbons (Fsp3) is 0.333. The number of aromatic nitrogens is 2. The Morgan fingerprint density at radius 2 is 2.45 bits per heavy atom. The van der Waals surface area contributed by atoms with Gasteiger partial charge in [-0.1, -0.05) is 6.58 Å². The molecule has 1 N–H and O–H groups in total. The molecule has 2 amide bonds. The zero-order chi connectivity index (χ0) is 16.2. The number of nitrogens with one attached hydrogen (secondary N) is 1. The smallest absolute Gasteiger partial charge is 0.282 e. The molecule has 2 aromatic rings. The van der Waals surface area contributed by atoms with Crippen LogP contribution in [0.2, 0.25) is 0 Å². The highest BCUT2D eigenvalue weighted by atomic mass is 32.1. The molecule has 1 atom stereocenters. The van der Waals surface area contributed by atoms with E-state index in [2.05, 4.69) is 21.9 Å². The average molecular weight is 316 g/mol. The largest absolute Gasteiger partial charge is 0.335 e. The van der Waals surface area contributed by atoms with Gasteiger partial charge in [-0.25, -0.2) is 9.97 Å². The van der Waals surface area contributed by atoms with Gasteiger partial charge >= 0.3 is 0 Å². The third-order valence-corrected chi connectivity index (χ3v) is 5.21. The second-order valence-corrected chi connectivity index (χ2v) is 6.75. The summed E-state index contributed by atoms with van der Waals surface area (Å²) < 4.78 is 8.46. The van der Waals surface area contributed by atoms with E-state index in [9.17, 15) is 9.59 Å². The molecule has 2 aromatic heterocycles. The van der Waals surface area contributed by atoms with Crippen molar-refractivity contribution < 1.29 is 11.0 Å². The minimum atomic E-state index is -0.539. The van der Waals surface area contributed by atoms with Gasteiger partial charge in [0.05, 0.1) is 11.5 Å². The maximum Gasteiger partial charge on any atom is 0.282 e. The maximum atomic E-state index is 12.7. The Bertz CT molecular complexity index is 864. The molecular weight excluding hydrogens is 300 g/mol. The van der Waals surface area contributed by atoms with Gasteiger partial charge in [-0.05, 0) is 18.5 Å². The van der Waals surface area contributed by atoms with E-state index in [0.717, 1.165) is 0 Å². The first-order valence-electron chi connectivity index (χ1n) is 7.49. The molecule has 6 nitrogen and oxygen atoms in total. The highest BCUT2D eigenvalue weighted by Gasteiger charge is 2.50. The summed E-state index contributed by atoms with van der Waals surface area (Å²) in [5, 5.41) is 3.08. The normalized spacial score (nSPS) is 25.1. The molecule has 7 heteroatoms. The summed E-state index contributed by atoms with van der Waals surface area (Å²) in [4.78, 5) is 34.8. The molecule has 0 bridgehead atoms. The summed E-state index contributed by atoms with van der Waals surface area (Å²) in [6, 6.07) is 1.89. The Hall–Kier alpha value is -2.28. The Morgan fingerprint density at radius 3 is 3.18 bits per heavy atom. The molecule has 2 aliphatic rings. The minimum absolute atomic E-state index is 0.0442. The average Bonchev–Trinajstić information content (AvgIpc) is 3.18. The molecule has 1 unspecified atom stereocenters. The molecule has 4 rings (SSSR count). The van der Waals surface area contributed by atoms with Gasteiger partial charge in [-0.2, -0.15) is 0 Å². The maximum absolute atomic E-state index is 12.7. The Balaban J connectivity index is 1.61. The summed E-state index contributed by atoms with van der Waals surface area (Å²) in [5.74, 6) is -0.244. The summed E-state index contributed by atoms with van der Waals surface area (Å²) in [6.45, 7) is 4.72. The second-order valence-electron chi connectivity index (χ2n) is 5.75. The first-order valence-corrected chi connectivity index (χ1v) is 7.81. The minimum Gasteiger partial charge on any atom is -0.335 e. The lowest BCUT2D eigenvalue weighted by Gasteiger charge is -2.20. The first kappa shape index (κ1) is 12.3. The van der Waals surface area contributed by atoms with Crippen molar-refractivity contribution >= 4 is 33.5 Å². The molecule has 0 aromatic carbocycles. The van der Waals surface area contributed by atoms with Crippen LogP contribution in [-0.2, 0) is 4.79 Å². The van der Waals surface area contributed by atoms with E-state index in [0.29, 0.717) is 53.0 Å². The summed E-state index contributed by atoms with van der Waals surface area (Å²) in [5.41, 5.74) is 0.599. The van der Waals surface area contributed by atoms with E-state index in [4.69, 9.17) is 1.37 Å². The number of fused-ring (bicyclic) bond motifs is 1. The highest BCUT2D eigenvalue weighted by molar-refractivity contribution is 7.20. The van der Waals surface area contributed by atoms with E-state index < -0.39 is 5.41 Å². The lowest BCUT2D eigenvalue weighted by atomic mass is 9.85. The number of thiazole rings is 1. The molecule has 2 saturated heterocycles. The van der Waals surface area contributed by atoms with Gasteiger partial charge in [0, 0.05) is 31.4 Å². The molecule has 2 aliphatic heterocycles. The predicted octanol–water partition coefficient (Wildman–Crippen LogP) is 1.56. The molecule has 2 fully saturated rings. The van der Waals surface area contributed by atoms with Gasteiger partial charge in [0.1, 0.15) is 0 Å². The van der Waals surface area contributed by atoms with Crippen molar-refractivity contribution in [1.82, 2.24) is 20.2 Å². The van der Waals surface area contributed by atoms with Crippen molar-refractivity contribution in [2.75, 3.05) is 13.1 Å². The van der Waals surface area contributed by atoms with Crippen molar-refractivity contribution in [3.63, 3.8) is 0 Å². The number of hydrogen-bond acceptors (Lipinski definition) is 5. The number of amides is 2. The van der Waals surface area contributed by atoms with Gasteiger partial charge in [0.25, 0.3) is 5.91 Å². The fourth-order valence-electron chi connectivity index (χ4n) is 3.14. The van der Waals surface area contributed by atoms with E-state index in [1.165, 1.54) is 17.5 Å². The number of carbonyl (C=O) groups excluding carboxylic acids is 2. The van der Waals surface area contributed by atoms with Crippen molar-refractivity contribution in [3.05, 3.63) is 35.6 Å². The molecule has 0 radical (unpaired) electrons. The summed E-state index contributed by atoms with van der Waals surface area (Å²) in [6.07, 6.45) is 2.72. The van der Waals surface area contributed by atoms with Crippen LogP contribution in [0.5, 0.6) is 0 Å². The van der Waals surface area contributed by atoms with Crippen LogP contribution in [0.25, 0.3) is 10.3 Å². The molecule has 0 saturated carbocycles. The second kappa shape index (κ2) is 4.61. The zero-order valence-corrected chi connectivity index (χ0v) is 12.6. The van der Waals surface area contributed by atoms with Crippen LogP contribution in [0.15, 0.2) is 30.6 Å². The van der Waals surface area contributed by atoms with E-state index in [1.807, 2.05) is 0 Å². The SMILES string of the molecule is [3H]c1ccnc2nc(C(=O)N3CCC4(CC(=C)NC4=O)C3)sc12. The number of pyridine rings is 1. The quantitative estimate of drug-likeness (QED) is 0.866. The number of likely N-dealkylation sites (tertiary alicyclic amines) is 1. The van der Waals surface area contributed by atoms with E-state index in [1.54, 1.807) is 11.0 Å². The van der Waals surface area contributed by atoms with Gasteiger partial charge in [-0.3, -0.25) is 9.59 Å². The Kier molecular flexibility index (Phi) is 2.57. The lowest BCUT2D eigenvalue weighted by molar-refractivity contribution is -0.126. The third-order valence-electron chi connectivity index (χ3n) is 4.24. The molecule has 112 valence electrons. The van der Waals surface area contributed by atoms with Crippen molar-refractivity contribution in [2.45, 2.75) is 12.8 Å². The van der Waals surface area contributed by atoms with Crippen molar-refractivity contribution in [3.8, 4) is 0 Å². The van der Waals surface area contributed by atoms with Crippen LogP contribution in [-0.4, -0.2) is 39.8 Å². The zero-order valence-electron chi connectivity index (χ0n) is 12.8. The first-order chi connectivity index (χ1) is 11.0. The standard InChI is InChI=1S/C15H14N4O2S/c1-9-7-15(14(21)17-9)4-6-19(8-15)13(20)12-18-11-10(22-12)3-2-5-16-11/h2-3,5H,1,4,6-8H2,(H,17,21)/i3T. The van der Waals surface area contributed by atoms with E-state index >= 15 is 0 Å². The van der Waals surface area contributed by atoms with Crippen molar-refractivity contribution in [1.29, 1.82) is 0 Å². The number of hydrogen-bond donors (Lipinski definition) is 1. The number of allylic oxidation sites excluding steroid dienone is 1. The topological polar surface area (TPSA) is 75.2 Å². The molecule has 1 spiro atoms. The Morgan fingerprint density at radius 1 is 1.59 bits per heavy atom. The van der Waals surface area contributed by atoms with Crippen LogP contribution in [0.4, 0.5) is 0 Å². The number of rotatable bonds is 1. The predicted molar refractivity (Wildman–Crippen MR) is 82.3 cm³/mol. The summed E-state index contributed by atoms with van der Waals surface area (Å²) in [7, 11) is 0. The lowest BCUT2D eigenvalue weighted by Crippen LogP contribution is -2.36. The van der Waals surface area contributed by atoms with Crippen LogP contribution in [0.1, 0.15) is 24.0 Å². The van der Waals surface area contributed by atoms with Crippen LogP contribution in [0, 0.1) is 5.41 Å². The monoisotopic (exact) mass is 316 g/mol. The highest BCUT2D eigenvalue weighted by Crippen LogP contribution is 2.40. The molecular formula is C15H14N4O2S. The Labute approximate surface area is 132 Å². The molecule has 22 heavy (non-hydrogen) atoms. The van der Waals surface area contributed by atoms with E-state index in [-0.39, 0.29) is 11.8 Å². The van der Waals surface area contributed by atoms with Crippen LogP contribution >= 0.6 is 11.3 Å². The molecule has 0 aliphatic carbocycles. The van der Waals surface area contributed by atoms with Gasteiger partial charge in [-0.15, -0.1) is 11.3 Å². The van der Waals surface area contributed by atoms with Crippen LogP contribution in [0.3, 0.4) is 0 Å². The van der Waals surface area contributed by atoms with Gasteiger partial charge in [0.2, 0.25) is 5.91 Å². The number of nitrogens with zero attached hydrogens (tertiary/aromatic N) is 3. The fourth-order valence-corrected chi connectivity index (χ4v) is 4.00. The van der Waals surface area contributed by atoms with Crippen molar-refractivity contribution in [2.24, 2.45) is 5.41 Å².